The summed E-state index contributed by atoms with van der Waals surface area (Å²) in [4.78, 5) is 53.0. The molecule has 0 bridgehead atoms. The molecule has 0 saturated carbocycles. The van der Waals surface area contributed by atoms with Gasteiger partial charge in [-0.15, -0.1) is 0 Å². The first-order chi connectivity index (χ1) is 16.2. The number of para-hydroxylation sites is 2. The fourth-order valence-electron chi connectivity index (χ4n) is 5.42. The molecule has 9 heteroatoms. The first kappa shape index (κ1) is 23.4. The van der Waals surface area contributed by atoms with Gasteiger partial charge in [-0.1, -0.05) is 50.2 Å². The van der Waals surface area contributed by atoms with E-state index in [1.807, 2.05) is 32.0 Å². The maximum atomic E-state index is 13.9. The molecule has 178 valence electrons. The number of hydrogen-bond acceptors (Lipinski definition) is 6. The van der Waals surface area contributed by atoms with Crippen molar-refractivity contribution in [1.29, 1.82) is 0 Å². The van der Waals surface area contributed by atoms with Crippen molar-refractivity contribution < 1.29 is 34.5 Å². The second-order valence-corrected chi connectivity index (χ2v) is 8.68. The number of nitrogens with one attached hydrogen (secondary N) is 1. The predicted molar refractivity (Wildman–Crippen MR) is 121 cm³/mol. The van der Waals surface area contributed by atoms with E-state index in [0.29, 0.717) is 18.5 Å². The molecule has 4 rings (SSSR count). The van der Waals surface area contributed by atoms with Gasteiger partial charge in [0.25, 0.3) is 0 Å². The SMILES string of the molecule is CCc1cccc(CC)c1N1C(=O)C2C(c3ccccc3O)NC(CC(=O)O)(C(=O)O)C2C1=O. The normalized spacial score (nSPS) is 26.1. The summed E-state index contributed by atoms with van der Waals surface area (Å²) in [6.45, 7) is 3.78. The van der Waals surface area contributed by atoms with Gasteiger partial charge in [-0.3, -0.25) is 24.5 Å². The zero-order chi connectivity index (χ0) is 24.8. The Labute approximate surface area is 196 Å². The number of fused-ring (bicyclic) bond motifs is 1. The average molecular weight is 466 g/mol. The number of benzene rings is 2. The van der Waals surface area contributed by atoms with E-state index in [1.54, 1.807) is 12.1 Å². The molecule has 9 nitrogen and oxygen atoms in total. The van der Waals surface area contributed by atoms with Gasteiger partial charge in [-0.05, 0) is 30.0 Å². The number of imide groups is 1. The van der Waals surface area contributed by atoms with E-state index >= 15 is 0 Å². The average Bonchev–Trinajstić information content (AvgIpc) is 3.27. The lowest BCUT2D eigenvalue weighted by Crippen LogP contribution is -2.57. The quantitative estimate of drug-likeness (QED) is 0.455. The zero-order valence-electron chi connectivity index (χ0n) is 18.8. The number of aliphatic carboxylic acids is 2. The van der Waals surface area contributed by atoms with Gasteiger partial charge < -0.3 is 15.3 Å². The van der Waals surface area contributed by atoms with E-state index in [1.165, 1.54) is 12.1 Å². The number of hydrogen-bond donors (Lipinski definition) is 4. The minimum absolute atomic E-state index is 0.183. The molecule has 2 heterocycles. The van der Waals surface area contributed by atoms with Crippen LogP contribution in [0.25, 0.3) is 0 Å². The van der Waals surface area contributed by atoms with Gasteiger partial charge >= 0.3 is 11.9 Å². The van der Waals surface area contributed by atoms with Crippen LogP contribution in [0.4, 0.5) is 5.69 Å². The van der Waals surface area contributed by atoms with Crippen LogP contribution in [0.3, 0.4) is 0 Å². The van der Waals surface area contributed by atoms with E-state index in [2.05, 4.69) is 5.32 Å². The molecule has 2 saturated heterocycles. The Morgan fingerprint density at radius 3 is 2.12 bits per heavy atom. The molecule has 2 fully saturated rings. The lowest BCUT2D eigenvalue weighted by Gasteiger charge is -2.30. The van der Waals surface area contributed by atoms with Crippen molar-refractivity contribution in [3.05, 3.63) is 59.2 Å². The molecule has 4 atom stereocenters. The first-order valence-corrected chi connectivity index (χ1v) is 11.2. The van der Waals surface area contributed by atoms with Crippen molar-refractivity contribution in [2.24, 2.45) is 11.8 Å². The summed E-state index contributed by atoms with van der Waals surface area (Å²) in [6, 6.07) is 10.5. The molecule has 2 aliphatic rings. The van der Waals surface area contributed by atoms with Crippen LogP contribution in [-0.2, 0) is 32.0 Å². The van der Waals surface area contributed by atoms with Gasteiger partial charge in [0.05, 0.1) is 23.9 Å². The Bertz CT molecular complexity index is 1170. The zero-order valence-corrected chi connectivity index (χ0v) is 18.8. The Hall–Kier alpha value is -3.72. The highest BCUT2D eigenvalue weighted by Gasteiger charge is 2.69. The summed E-state index contributed by atoms with van der Waals surface area (Å²) in [5.74, 6) is -7.17. The topological polar surface area (TPSA) is 144 Å². The van der Waals surface area contributed by atoms with Crippen molar-refractivity contribution in [3.63, 3.8) is 0 Å². The van der Waals surface area contributed by atoms with Crippen LogP contribution in [0.2, 0.25) is 0 Å². The Balaban J connectivity index is 1.95. The van der Waals surface area contributed by atoms with Gasteiger partial charge in [0.1, 0.15) is 11.3 Å². The number of anilines is 1. The molecular formula is C25H26N2O7. The highest BCUT2D eigenvalue weighted by Crippen LogP contribution is 2.52. The van der Waals surface area contributed by atoms with Gasteiger partial charge in [-0.25, -0.2) is 4.90 Å². The first-order valence-electron chi connectivity index (χ1n) is 11.2. The standard InChI is InChI=1S/C25H26N2O7/c1-3-13-8-7-9-14(4-2)21(13)27-22(31)18-19(23(27)32)25(24(33)34,12-17(29)30)26-20(18)15-10-5-6-11-16(15)28/h5-11,18-20,26,28H,3-4,12H2,1-2H3,(H,29,30)(H,33,34). The van der Waals surface area contributed by atoms with Crippen LogP contribution in [0.15, 0.2) is 42.5 Å². The number of carboxylic acids is 2. The molecule has 2 amide bonds. The number of phenolic OH excluding ortho intramolecular Hbond substituents is 1. The van der Waals surface area contributed by atoms with E-state index in [-0.39, 0.29) is 11.3 Å². The molecule has 2 aromatic rings. The molecule has 0 aromatic heterocycles. The Morgan fingerprint density at radius 2 is 1.59 bits per heavy atom. The summed E-state index contributed by atoms with van der Waals surface area (Å²) in [5, 5.41) is 33.0. The Kier molecular flexibility index (Phi) is 5.91. The molecule has 0 radical (unpaired) electrons. The highest BCUT2D eigenvalue weighted by molar-refractivity contribution is 6.25. The third-order valence-electron chi connectivity index (χ3n) is 6.93. The molecule has 0 aliphatic carbocycles. The van der Waals surface area contributed by atoms with Gasteiger partial charge in [-0.2, -0.15) is 0 Å². The summed E-state index contributed by atoms with van der Waals surface area (Å²) in [6.07, 6.45) is 0.169. The van der Waals surface area contributed by atoms with Crippen molar-refractivity contribution in [3.8, 4) is 5.75 Å². The summed E-state index contributed by atoms with van der Waals surface area (Å²) in [7, 11) is 0. The lowest BCUT2D eigenvalue weighted by atomic mass is 9.77. The summed E-state index contributed by atoms with van der Waals surface area (Å²) in [5.41, 5.74) is -0.0473. The number of amides is 2. The highest BCUT2D eigenvalue weighted by atomic mass is 16.4. The molecular weight excluding hydrogens is 440 g/mol. The number of carboxylic acid groups (broad SMARTS) is 2. The number of rotatable bonds is 7. The lowest BCUT2D eigenvalue weighted by molar-refractivity contribution is -0.154. The van der Waals surface area contributed by atoms with E-state index in [9.17, 15) is 34.5 Å². The maximum Gasteiger partial charge on any atom is 0.325 e. The van der Waals surface area contributed by atoms with E-state index in [4.69, 9.17) is 0 Å². The fraction of sp³-hybridized carbons (Fsp3) is 0.360. The minimum atomic E-state index is -2.22. The van der Waals surface area contributed by atoms with Crippen molar-refractivity contribution in [1.82, 2.24) is 5.32 Å². The molecule has 2 aliphatic heterocycles. The number of nitrogens with zero attached hydrogens (tertiary/aromatic N) is 1. The number of carbonyl (C=O) groups excluding carboxylic acids is 2. The van der Waals surface area contributed by atoms with Crippen LogP contribution in [0.1, 0.15) is 43.0 Å². The van der Waals surface area contributed by atoms with Gasteiger partial charge in [0.2, 0.25) is 11.8 Å². The Morgan fingerprint density at radius 1 is 0.971 bits per heavy atom. The van der Waals surface area contributed by atoms with E-state index in [0.717, 1.165) is 16.0 Å². The number of phenols is 1. The van der Waals surface area contributed by atoms with Gasteiger partial charge in [0, 0.05) is 11.6 Å². The largest absolute Gasteiger partial charge is 0.508 e. The monoisotopic (exact) mass is 466 g/mol. The molecule has 34 heavy (non-hydrogen) atoms. The molecule has 0 spiro atoms. The third-order valence-corrected chi connectivity index (χ3v) is 6.93. The summed E-state index contributed by atoms with van der Waals surface area (Å²) >= 11 is 0. The van der Waals surface area contributed by atoms with Crippen molar-refractivity contribution >= 4 is 29.4 Å². The molecule has 4 N–H and O–H groups in total. The van der Waals surface area contributed by atoms with Crippen LogP contribution in [0.5, 0.6) is 5.75 Å². The van der Waals surface area contributed by atoms with Crippen LogP contribution in [-0.4, -0.2) is 44.6 Å². The molecule has 2 aromatic carbocycles. The second-order valence-electron chi connectivity index (χ2n) is 8.68. The fourth-order valence-corrected chi connectivity index (χ4v) is 5.42. The van der Waals surface area contributed by atoms with Crippen LogP contribution < -0.4 is 10.2 Å². The molecule has 4 unspecified atom stereocenters. The van der Waals surface area contributed by atoms with E-state index < -0.39 is 53.6 Å². The smallest absolute Gasteiger partial charge is 0.325 e. The van der Waals surface area contributed by atoms with Crippen molar-refractivity contribution in [2.45, 2.75) is 44.7 Å². The third kappa shape index (κ3) is 3.35. The minimum Gasteiger partial charge on any atom is -0.508 e. The van der Waals surface area contributed by atoms with Crippen LogP contribution in [0, 0.1) is 11.8 Å². The van der Waals surface area contributed by atoms with Crippen LogP contribution >= 0.6 is 0 Å². The number of aromatic hydroxyl groups is 1. The second kappa shape index (κ2) is 8.57. The van der Waals surface area contributed by atoms with Crippen molar-refractivity contribution in [2.75, 3.05) is 4.90 Å². The number of carbonyl (C=O) groups is 4. The summed E-state index contributed by atoms with van der Waals surface area (Å²) < 4.78 is 0. The van der Waals surface area contributed by atoms with Gasteiger partial charge in [0.15, 0.2) is 0 Å². The predicted octanol–water partition coefficient (Wildman–Crippen LogP) is 2.27. The maximum absolute atomic E-state index is 13.9. The number of aryl methyl sites for hydroxylation is 2.